The van der Waals surface area contributed by atoms with Gasteiger partial charge in [0.05, 0.1) is 17.2 Å². The smallest absolute Gasteiger partial charge is 0.167 e. The molecule has 82 valence electrons. The zero-order valence-corrected chi connectivity index (χ0v) is 12.7. The summed E-state index contributed by atoms with van der Waals surface area (Å²) >= 11 is 5.68. The Labute approximate surface area is 116 Å². The van der Waals surface area contributed by atoms with Crippen molar-refractivity contribution in [2.75, 3.05) is 0 Å². The Kier molecular flexibility index (Phi) is 2.63. The van der Waals surface area contributed by atoms with Crippen LogP contribution >= 0.6 is 46.3 Å². The van der Waals surface area contributed by atoms with Crippen LogP contribution in [0, 0.1) is 6.92 Å². The number of hydrogen-bond donors (Lipinski definition) is 0. The number of rotatable bonds is 1. The van der Waals surface area contributed by atoms with Gasteiger partial charge in [-0.25, -0.2) is 9.97 Å². The minimum absolute atomic E-state index is 0.842. The molecule has 0 atom stereocenters. The van der Waals surface area contributed by atoms with Gasteiger partial charge in [0, 0.05) is 36.5 Å². The van der Waals surface area contributed by atoms with Crippen LogP contribution in [0.1, 0.15) is 5.82 Å². The lowest BCUT2D eigenvalue weighted by atomic mass is 10.4. The maximum atomic E-state index is 4.46. The lowest BCUT2D eigenvalue weighted by Crippen LogP contribution is -1.92. The van der Waals surface area contributed by atoms with E-state index in [9.17, 15) is 0 Å². The molecule has 3 rings (SSSR count). The second-order valence-corrected chi connectivity index (χ2v) is 5.81. The summed E-state index contributed by atoms with van der Waals surface area (Å²) in [6.07, 6.45) is 3.86. The van der Waals surface area contributed by atoms with E-state index in [1.54, 1.807) is 9.12 Å². The van der Waals surface area contributed by atoms with Gasteiger partial charge < -0.3 is 0 Å². The molecule has 7 heteroatoms. The van der Waals surface area contributed by atoms with Crippen molar-refractivity contribution < 1.29 is 0 Å². The Morgan fingerprint density at radius 2 is 2.25 bits per heavy atom. The molecule has 3 heterocycles. The average Bonchev–Trinajstić information content (AvgIpc) is 2.80. The van der Waals surface area contributed by atoms with Gasteiger partial charge in [-0.3, -0.25) is 8.37 Å². The Morgan fingerprint density at radius 1 is 1.44 bits per heavy atom. The van der Waals surface area contributed by atoms with Crippen LogP contribution in [0.4, 0.5) is 0 Å². The van der Waals surface area contributed by atoms with Crippen LogP contribution in [-0.4, -0.2) is 18.3 Å². The van der Waals surface area contributed by atoms with Crippen molar-refractivity contribution >= 4 is 62.9 Å². The van der Waals surface area contributed by atoms with Crippen LogP contribution < -0.4 is 0 Å². The topological polar surface area (TPSA) is 35.1 Å². The van der Waals surface area contributed by atoms with Crippen molar-refractivity contribution in [3.8, 4) is 0 Å². The van der Waals surface area contributed by atoms with Gasteiger partial charge in [-0.2, -0.15) is 0 Å². The molecular formula is C9H6BrIN4S. The Hall–Kier alpha value is -0.280. The molecule has 0 N–H and O–H groups in total. The highest BCUT2D eigenvalue weighted by Crippen LogP contribution is 2.27. The molecule has 16 heavy (non-hydrogen) atoms. The summed E-state index contributed by atoms with van der Waals surface area (Å²) < 4.78 is 4.98. The molecule has 0 unspecified atom stereocenters. The third kappa shape index (κ3) is 1.41. The molecule has 3 aromatic rings. The van der Waals surface area contributed by atoms with E-state index in [2.05, 4.69) is 57.6 Å². The lowest BCUT2D eigenvalue weighted by molar-refractivity contribution is 1.07. The lowest BCUT2D eigenvalue weighted by Gasteiger charge is -2.00. The molecule has 0 spiro atoms. The summed E-state index contributed by atoms with van der Waals surface area (Å²) in [4.78, 5) is 8.86. The molecule has 0 radical (unpaired) electrons. The number of fused-ring (bicyclic) bond motifs is 3. The van der Waals surface area contributed by atoms with Crippen molar-refractivity contribution in [1.82, 2.24) is 18.3 Å². The van der Waals surface area contributed by atoms with Gasteiger partial charge in [0.2, 0.25) is 0 Å². The Bertz CT molecular complexity index is 689. The quantitative estimate of drug-likeness (QED) is 0.577. The summed E-state index contributed by atoms with van der Waals surface area (Å²) in [7, 11) is 1.60. The first kappa shape index (κ1) is 10.8. The first-order valence-corrected chi connectivity index (χ1v) is 8.63. The van der Waals surface area contributed by atoms with Gasteiger partial charge in [0.1, 0.15) is 10.4 Å². The second kappa shape index (κ2) is 3.88. The monoisotopic (exact) mass is 408 g/mol. The summed E-state index contributed by atoms with van der Waals surface area (Å²) in [6, 6.07) is 2.06. The average molecular weight is 409 g/mol. The highest BCUT2D eigenvalue weighted by atomic mass is 127. The van der Waals surface area contributed by atoms with Gasteiger partial charge in [0.15, 0.2) is 5.65 Å². The number of aromatic nitrogens is 4. The van der Waals surface area contributed by atoms with Gasteiger partial charge in [-0.15, -0.1) is 0 Å². The van der Waals surface area contributed by atoms with E-state index >= 15 is 0 Å². The summed E-state index contributed by atoms with van der Waals surface area (Å²) in [5.74, 6) is 0.963. The summed E-state index contributed by atoms with van der Waals surface area (Å²) in [6.45, 7) is 1.99. The first-order chi connectivity index (χ1) is 7.72. The van der Waals surface area contributed by atoms with Crippen LogP contribution in [-0.2, 0) is 0 Å². The predicted molar refractivity (Wildman–Crippen MR) is 77.9 cm³/mol. The molecule has 0 saturated carbocycles. The number of hydrogen-bond acceptors (Lipinski definition) is 3. The van der Waals surface area contributed by atoms with E-state index in [0.717, 1.165) is 27.1 Å². The molecule has 0 aliphatic heterocycles. The van der Waals surface area contributed by atoms with Gasteiger partial charge in [0.25, 0.3) is 0 Å². The van der Waals surface area contributed by atoms with Crippen LogP contribution in [0.25, 0.3) is 16.7 Å². The molecule has 0 aliphatic carbocycles. The molecule has 3 aromatic heterocycles. The molecule has 0 aromatic carbocycles. The molecule has 0 amide bonds. The minimum atomic E-state index is 0.842. The van der Waals surface area contributed by atoms with Crippen molar-refractivity contribution in [3.05, 3.63) is 28.9 Å². The van der Waals surface area contributed by atoms with Crippen molar-refractivity contribution in [1.29, 1.82) is 0 Å². The normalized spacial score (nSPS) is 11.7. The van der Waals surface area contributed by atoms with Crippen molar-refractivity contribution in [2.24, 2.45) is 0 Å². The van der Waals surface area contributed by atoms with E-state index < -0.39 is 0 Å². The van der Waals surface area contributed by atoms with E-state index in [1.807, 2.05) is 23.3 Å². The summed E-state index contributed by atoms with van der Waals surface area (Å²) in [5.41, 5.74) is 3.04. The predicted octanol–water partition coefficient (Wildman–Crippen LogP) is 3.60. The maximum Gasteiger partial charge on any atom is 0.167 e. The van der Waals surface area contributed by atoms with Gasteiger partial charge in [-0.05, 0) is 28.9 Å². The van der Waals surface area contributed by atoms with E-state index in [0.29, 0.717) is 0 Å². The number of halogens is 2. The number of imidazole rings is 1. The van der Waals surface area contributed by atoms with Crippen LogP contribution in [0.5, 0.6) is 0 Å². The van der Waals surface area contributed by atoms with E-state index in [4.69, 9.17) is 0 Å². The highest BCUT2D eigenvalue weighted by Gasteiger charge is 2.11. The molecular weight excluding hydrogens is 403 g/mol. The maximum absolute atomic E-state index is 4.46. The van der Waals surface area contributed by atoms with Crippen molar-refractivity contribution in [2.45, 2.75) is 6.92 Å². The third-order valence-electron chi connectivity index (χ3n) is 2.47. The van der Waals surface area contributed by atoms with Crippen LogP contribution in [0.15, 0.2) is 23.1 Å². The number of aryl methyl sites for hydroxylation is 1. The zero-order valence-electron chi connectivity index (χ0n) is 8.19. The summed E-state index contributed by atoms with van der Waals surface area (Å²) in [5, 5.41) is 0. The van der Waals surface area contributed by atoms with Crippen molar-refractivity contribution in [3.63, 3.8) is 0 Å². The largest absolute Gasteiger partial charge is 0.291 e. The Balaban J connectivity index is 2.54. The first-order valence-electron chi connectivity index (χ1n) is 4.52. The third-order valence-corrected chi connectivity index (χ3v) is 4.77. The SMILES string of the molecule is Cc1nc(Br)c2cnc3c(ccn3SI)n12. The fourth-order valence-corrected chi connectivity index (χ4v) is 3.61. The molecule has 4 nitrogen and oxygen atoms in total. The number of nitrogens with zero attached hydrogens (tertiary/aromatic N) is 4. The van der Waals surface area contributed by atoms with Gasteiger partial charge >= 0.3 is 0 Å². The van der Waals surface area contributed by atoms with E-state index in [-0.39, 0.29) is 0 Å². The Morgan fingerprint density at radius 3 is 3.00 bits per heavy atom. The minimum Gasteiger partial charge on any atom is -0.291 e. The molecule has 0 bridgehead atoms. The molecule has 0 saturated heterocycles. The van der Waals surface area contributed by atoms with Gasteiger partial charge in [-0.1, -0.05) is 0 Å². The fourth-order valence-electron chi connectivity index (χ4n) is 1.80. The standard InChI is InChI=1S/C9H6BrIN4S/c1-5-13-8(10)7-4-12-9-6(15(5)7)2-3-14(9)16-11/h2-4H,1H3. The molecule has 0 aliphatic rings. The van der Waals surface area contributed by atoms with E-state index in [1.165, 1.54) is 0 Å². The molecule has 0 fully saturated rings. The zero-order chi connectivity index (χ0) is 11.3. The highest BCUT2D eigenvalue weighted by molar-refractivity contribution is 14.2. The second-order valence-electron chi connectivity index (χ2n) is 3.35. The van der Waals surface area contributed by atoms with Crippen LogP contribution in [0.3, 0.4) is 0 Å². The van der Waals surface area contributed by atoms with Crippen LogP contribution in [0.2, 0.25) is 0 Å². The fraction of sp³-hybridized carbons (Fsp3) is 0.111.